The average molecular weight is 343 g/mol. The van der Waals surface area contributed by atoms with Gasteiger partial charge in [-0.25, -0.2) is 18.9 Å². The van der Waals surface area contributed by atoms with Crippen LogP contribution in [0, 0.1) is 5.82 Å². The van der Waals surface area contributed by atoms with Gasteiger partial charge in [0.05, 0.1) is 11.3 Å². The molecule has 2 aromatic heterocycles. The minimum Gasteiger partial charge on any atom is -0.453 e. The number of halogens is 1. The number of esters is 1. The Kier molecular flexibility index (Phi) is 4.60. The number of aromatic nitrogens is 5. The average Bonchev–Trinajstić information content (AvgIpc) is 3.26. The van der Waals surface area contributed by atoms with Gasteiger partial charge in [0.2, 0.25) is 0 Å². The van der Waals surface area contributed by atoms with Crippen LogP contribution in [0.5, 0.6) is 0 Å². The number of benzene rings is 1. The Bertz CT molecular complexity index is 873. The molecule has 0 aliphatic carbocycles. The number of carbonyl (C=O) groups excluding carboxylic acids is 1. The first-order chi connectivity index (χ1) is 12.0. The number of nitrogens with zero attached hydrogens (tertiary/aromatic N) is 5. The van der Waals surface area contributed by atoms with Gasteiger partial charge in [-0.1, -0.05) is 6.07 Å². The highest BCUT2D eigenvalue weighted by Gasteiger charge is 2.23. The molecule has 2 heterocycles. The maximum absolute atomic E-state index is 14.4. The molecule has 0 N–H and O–H groups in total. The van der Waals surface area contributed by atoms with Crippen molar-refractivity contribution in [1.29, 1.82) is 0 Å². The fraction of sp³-hybridized carbons (Fsp3) is 0.294. The molecule has 0 aliphatic heterocycles. The summed E-state index contributed by atoms with van der Waals surface area (Å²) in [5.41, 5.74) is 1.02. The predicted molar refractivity (Wildman–Crippen MR) is 87.8 cm³/mol. The smallest absolute Gasteiger partial charge is 0.357 e. The van der Waals surface area contributed by atoms with Crippen LogP contribution in [0.1, 0.15) is 49.0 Å². The molecule has 0 radical (unpaired) electrons. The van der Waals surface area contributed by atoms with Crippen molar-refractivity contribution in [2.24, 2.45) is 0 Å². The van der Waals surface area contributed by atoms with E-state index in [2.05, 4.69) is 15.2 Å². The molecule has 0 bridgehead atoms. The van der Waals surface area contributed by atoms with E-state index in [4.69, 9.17) is 4.74 Å². The second-order valence-corrected chi connectivity index (χ2v) is 5.81. The maximum atomic E-state index is 14.4. The molecule has 130 valence electrons. The van der Waals surface area contributed by atoms with E-state index in [0.717, 1.165) is 0 Å². The van der Waals surface area contributed by atoms with Crippen LogP contribution in [0.2, 0.25) is 0 Å². The van der Waals surface area contributed by atoms with Gasteiger partial charge in [0.1, 0.15) is 30.3 Å². The van der Waals surface area contributed by atoms with Crippen molar-refractivity contribution in [3.8, 4) is 5.69 Å². The second kappa shape index (κ2) is 6.84. The summed E-state index contributed by atoms with van der Waals surface area (Å²) in [6.45, 7) is 5.44. The van der Waals surface area contributed by atoms with Crippen molar-refractivity contribution in [2.45, 2.75) is 32.9 Å². The van der Waals surface area contributed by atoms with E-state index >= 15 is 0 Å². The molecule has 0 fully saturated rings. The Morgan fingerprint density at radius 1 is 1.20 bits per heavy atom. The van der Waals surface area contributed by atoms with E-state index in [1.54, 1.807) is 29.8 Å². The SMILES string of the molecule is CC(C)n1nccc1C(=O)O[C@H](C)c1c(F)cccc1-n1cncn1. The Morgan fingerprint density at radius 3 is 2.68 bits per heavy atom. The second-order valence-electron chi connectivity index (χ2n) is 5.81. The van der Waals surface area contributed by atoms with Crippen LogP contribution in [0.15, 0.2) is 43.1 Å². The molecule has 7 nitrogen and oxygen atoms in total. The van der Waals surface area contributed by atoms with Crippen molar-refractivity contribution in [3.05, 3.63) is 60.2 Å². The van der Waals surface area contributed by atoms with Crippen LogP contribution >= 0.6 is 0 Å². The van der Waals surface area contributed by atoms with E-state index in [1.807, 2.05) is 13.8 Å². The first-order valence-corrected chi connectivity index (χ1v) is 7.87. The van der Waals surface area contributed by atoms with Gasteiger partial charge in [0, 0.05) is 12.2 Å². The highest BCUT2D eigenvalue weighted by Crippen LogP contribution is 2.27. The number of ether oxygens (including phenoxy) is 1. The topological polar surface area (TPSA) is 74.8 Å². The third-order valence-corrected chi connectivity index (χ3v) is 3.75. The van der Waals surface area contributed by atoms with Crippen molar-refractivity contribution in [2.75, 3.05) is 0 Å². The summed E-state index contributed by atoms with van der Waals surface area (Å²) < 4.78 is 22.9. The zero-order valence-corrected chi connectivity index (χ0v) is 14.1. The summed E-state index contributed by atoms with van der Waals surface area (Å²) >= 11 is 0. The zero-order valence-electron chi connectivity index (χ0n) is 14.1. The molecular weight excluding hydrogens is 325 g/mol. The highest BCUT2D eigenvalue weighted by atomic mass is 19.1. The quantitative estimate of drug-likeness (QED) is 0.666. The molecule has 3 rings (SSSR count). The van der Waals surface area contributed by atoms with Crippen LogP contribution in [0.3, 0.4) is 0 Å². The first-order valence-electron chi connectivity index (χ1n) is 7.87. The standard InChI is InChI=1S/C17H18FN5O2/c1-11(2)23-15(7-8-20-23)17(24)25-12(3)16-13(18)5-4-6-14(16)22-10-19-9-21-22/h4-12H,1-3H3/t12-/m1/s1. The summed E-state index contributed by atoms with van der Waals surface area (Å²) in [5.74, 6) is -1.04. The molecule has 0 amide bonds. The first kappa shape index (κ1) is 16.8. The summed E-state index contributed by atoms with van der Waals surface area (Å²) in [6, 6.07) is 6.16. The lowest BCUT2D eigenvalue weighted by Gasteiger charge is -2.18. The van der Waals surface area contributed by atoms with Gasteiger partial charge in [0.15, 0.2) is 0 Å². The predicted octanol–water partition coefficient (Wildman–Crippen LogP) is 3.10. The minimum atomic E-state index is -0.816. The van der Waals surface area contributed by atoms with Crippen LogP contribution in [0.25, 0.3) is 5.69 Å². The minimum absolute atomic E-state index is 0.00651. The van der Waals surface area contributed by atoms with Crippen molar-refractivity contribution < 1.29 is 13.9 Å². The fourth-order valence-electron chi connectivity index (χ4n) is 2.63. The van der Waals surface area contributed by atoms with Gasteiger partial charge in [-0.3, -0.25) is 4.68 Å². The van der Waals surface area contributed by atoms with Gasteiger partial charge < -0.3 is 4.74 Å². The molecule has 0 saturated carbocycles. The molecule has 3 aromatic rings. The van der Waals surface area contributed by atoms with Crippen LogP contribution in [-0.4, -0.2) is 30.5 Å². The Labute approximate surface area is 144 Å². The molecule has 25 heavy (non-hydrogen) atoms. The Hall–Kier alpha value is -3.03. The summed E-state index contributed by atoms with van der Waals surface area (Å²) in [4.78, 5) is 16.4. The summed E-state index contributed by atoms with van der Waals surface area (Å²) in [6.07, 6.45) is 3.53. The van der Waals surface area contributed by atoms with E-state index in [9.17, 15) is 9.18 Å². The van der Waals surface area contributed by atoms with Gasteiger partial charge in [0.25, 0.3) is 0 Å². The normalized spacial score (nSPS) is 12.4. The molecule has 1 aromatic carbocycles. The Morgan fingerprint density at radius 2 is 2.00 bits per heavy atom. The zero-order chi connectivity index (χ0) is 18.0. The molecule has 0 aliphatic rings. The van der Waals surface area contributed by atoms with Crippen molar-refractivity contribution in [1.82, 2.24) is 24.5 Å². The third kappa shape index (κ3) is 3.28. The van der Waals surface area contributed by atoms with E-state index in [-0.39, 0.29) is 11.6 Å². The lowest BCUT2D eigenvalue weighted by atomic mass is 10.1. The lowest BCUT2D eigenvalue weighted by molar-refractivity contribution is 0.0314. The Balaban J connectivity index is 1.90. The van der Waals surface area contributed by atoms with Crippen LogP contribution < -0.4 is 0 Å². The number of hydrogen-bond donors (Lipinski definition) is 0. The summed E-state index contributed by atoms with van der Waals surface area (Å²) in [7, 11) is 0. The number of rotatable bonds is 5. The summed E-state index contributed by atoms with van der Waals surface area (Å²) in [5, 5.41) is 8.13. The molecule has 0 saturated heterocycles. The van der Waals surface area contributed by atoms with Gasteiger partial charge >= 0.3 is 5.97 Å². The van der Waals surface area contributed by atoms with E-state index < -0.39 is 17.9 Å². The monoisotopic (exact) mass is 343 g/mol. The molecule has 0 unspecified atom stereocenters. The van der Waals surface area contributed by atoms with Gasteiger partial charge in [-0.05, 0) is 39.0 Å². The fourth-order valence-corrected chi connectivity index (χ4v) is 2.63. The number of carbonyl (C=O) groups is 1. The van der Waals surface area contributed by atoms with Crippen molar-refractivity contribution >= 4 is 5.97 Å². The lowest BCUT2D eigenvalue weighted by Crippen LogP contribution is -2.18. The van der Waals surface area contributed by atoms with Crippen LogP contribution in [0.4, 0.5) is 4.39 Å². The molecular formula is C17H18FN5O2. The number of hydrogen-bond acceptors (Lipinski definition) is 5. The van der Waals surface area contributed by atoms with Crippen LogP contribution in [-0.2, 0) is 4.74 Å². The third-order valence-electron chi connectivity index (χ3n) is 3.75. The molecule has 8 heteroatoms. The maximum Gasteiger partial charge on any atom is 0.357 e. The highest BCUT2D eigenvalue weighted by molar-refractivity contribution is 5.87. The van der Waals surface area contributed by atoms with E-state index in [0.29, 0.717) is 11.4 Å². The largest absolute Gasteiger partial charge is 0.453 e. The van der Waals surface area contributed by atoms with Crippen molar-refractivity contribution in [3.63, 3.8) is 0 Å². The van der Waals surface area contributed by atoms with E-state index in [1.165, 1.54) is 29.6 Å². The van der Waals surface area contributed by atoms with Gasteiger partial charge in [-0.15, -0.1) is 0 Å². The molecule has 1 atom stereocenters. The van der Waals surface area contributed by atoms with Gasteiger partial charge in [-0.2, -0.15) is 10.2 Å². The molecule has 0 spiro atoms.